The number of ether oxygens (including phenoxy) is 1. The Bertz CT molecular complexity index is 541. The highest BCUT2D eigenvalue weighted by molar-refractivity contribution is 7.18. The molecule has 0 fully saturated rings. The minimum absolute atomic E-state index is 0.649. The van der Waals surface area contributed by atoms with E-state index in [4.69, 9.17) is 4.74 Å². The summed E-state index contributed by atoms with van der Waals surface area (Å²) in [4.78, 5) is 11.3. The Morgan fingerprint density at radius 2 is 2.16 bits per heavy atom. The van der Waals surface area contributed by atoms with Gasteiger partial charge in [-0.1, -0.05) is 6.92 Å². The third kappa shape index (κ3) is 3.33. The van der Waals surface area contributed by atoms with Crippen molar-refractivity contribution < 1.29 is 4.74 Å². The molecule has 2 N–H and O–H groups in total. The van der Waals surface area contributed by atoms with Gasteiger partial charge in [0.2, 0.25) is 5.95 Å². The Kier molecular flexibility index (Phi) is 4.93. The smallest absolute Gasteiger partial charge is 0.225 e. The fraction of sp³-hybridized carbons (Fsp3) is 0.538. The lowest BCUT2D eigenvalue weighted by atomic mass is 10.3. The largest absolute Gasteiger partial charge is 0.380 e. The lowest BCUT2D eigenvalue weighted by molar-refractivity contribution is 0.158. The summed E-state index contributed by atoms with van der Waals surface area (Å²) in [5, 5.41) is 7.42. The van der Waals surface area contributed by atoms with Crippen LogP contribution in [0.4, 0.5) is 11.8 Å². The predicted octanol–water partition coefficient (Wildman–Crippen LogP) is 2.74. The van der Waals surface area contributed by atoms with Crippen LogP contribution in [0.25, 0.3) is 10.2 Å². The molecule has 2 aromatic heterocycles. The molecule has 5 nitrogen and oxygen atoms in total. The number of anilines is 2. The summed E-state index contributed by atoms with van der Waals surface area (Å²) >= 11 is 1.72. The van der Waals surface area contributed by atoms with Crippen LogP contribution in [0.3, 0.4) is 0 Å². The molecule has 0 amide bonds. The van der Waals surface area contributed by atoms with Gasteiger partial charge < -0.3 is 15.4 Å². The van der Waals surface area contributed by atoms with Gasteiger partial charge in [0.15, 0.2) is 0 Å². The minimum atomic E-state index is 0.649. The number of nitrogens with zero attached hydrogens (tertiary/aromatic N) is 2. The fourth-order valence-corrected chi connectivity index (χ4v) is 2.75. The van der Waals surface area contributed by atoms with Gasteiger partial charge in [-0.15, -0.1) is 11.3 Å². The second kappa shape index (κ2) is 6.68. The van der Waals surface area contributed by atoms with Crippen LogP contribution in [0, 0.1) is 0 Å². The summed E-state index contributed by atoms with van der Waals surface area (Å²) in [5.41, 5.74) is 0. The number of aromatic nitrogens is 2. The van der Waals surface area contributed by atoms with Crippen molar-refractivity contribution in [3.63, 3.8) is 0 Å². The average molecular weight is 280 g/mol. The highest BCUT2D eigenvalue weighted by Gasteiger charge is 2.10. The van der Waals surface area contributed by atoms with E-state index in [1.165, 1.54) is 4.88 Å². The first kappa shape index (κ1) is 14.0. The summed E-state index contributed by atoms with van der Waals surface area (Å²) < 4.78 is 5.33. The van der Waals surface area contributed by atoms with Crippen LogP contribution in [0.15, 0.2) is 6.07 Å². The summed E-state index contributed by atoms with van der Waals surface area (Å²) in [6, 6.07) is 2.17. The Labute approximate surface area is 117 Å². The van der Waals surface area contributed by atoms with Crippen molar-refractivity contribution in [3.8, 4) is 0 Å². The Hall–Kier alpha value is -1.40. The number of aryl methyl sites for hydroxylation is 1. The lowest BCUT2D eigenvalue weighted by Gasteiger charge is -2.08. The molecule has 6 heteroatoms. The maximum Gasteiger partial charge on any atom is 0.225 e. The maximum absolute atomic E-state index is 5.33. The normalized spacial score (nSPS) is 10.9. The molecule has 0 bridgehead atoms. The van der Waals surface area contributed by atoms with Gasteiger partial charge in [0.05, 0.1) is 12.0 Å². The molecule has 0 aromatic carbocycles. The topological polar surface area (TPSA) is 59.1 Å². The second-order valence-corrected chi connectivity index (χ2v) is 5.17. The van der Waals surface area contributed by atoms with Crippen LogP contribution in [0.1, 0.15) is 18.7 Å². The minimum Gasteiger partial charge on any atom is -0.380 e. The number of nitrogens with one attached hydrogen (secondary N) is 2. The molecular weight excluding hydrogens is 260 g/mol. The highest BCUT2D eigenvalue weighted by Crippen LogP contribution is 2.30. The van der Waals surface area contributed by atoms with Gasteiger partial charge in [0, 0.05) is 25.1 Å². The molecule has 0 aliphatic heterocycles. The number of hydrogen-bond donors (Lipinski definition) is 2. The van der Waals surface area contributed by atoms with Crippen molar-refractivity contribution >= 4 is 33.3 Å². The number of fused-ring (bicyclic) bond motifs is 1. The molecule has 2 rings (SSSR count). The number of thiophene rings is 1. The van der Waals surface area contributed by atoms with E-state index in [1.54, 1.807) is 11.3 Å². The summed E-state index contributed by atoms with van der Waals surface area (Å²) in [6.07, 6.45) is 1.02. The van der Waals surface area contributed by atoms with Crippen LogP contribution >= 0.6 is 11.3 Å². The number of rotatable bonds is 7. The van der Waals surface area contributed by atoms with Gasteiger partial charge in [-0.2, -0.15) is 4.98 Å². The van der Waals surface area contributed by atoms with Crippen molar-refractivity contribution in [1.29, 1.82) is 0 Å². The highest BCUT2D eigenvalue weighted by atomic mass is 32.1. The van der Waals surface area contributed by atoms with Gasteiger partial charge in [0.25, 0.3) is 0 Å². The van der Waals surface area contributed by atoms with Gasteiger partial charge in [-0.3, -0.25) is 0 Å². The van der Waals surface area contributed by atoms with Crippen LogP contribution in [0.2, 0.25) is 0 Å². The molecular formula is C13H20N4OS. The Morgan fingerprint density at radius 3 is 2.84 bits per heavy atom. The third-order valence-corrected chi connectivity index (χ3v) is 3.93. The first-order valence-electron chi connectivity index (χ1n) is 6.58. The summed E-state index contributed by atoms with van der Waals surface area (Å²) in [6.45, 7) is 6.32. The quantitative estimate of drug-likeness (QED) is 0.764. The van der Waals surface area contributed by atoms with Crippen LogP contribution < -0.4 is 10.6 Å². The molecule has 0 atom stereocenters. The van der Waals surface area contributed by atoms with E-state index in [1.807, 2.05) is 14.0 Å². The molecule has 0 unspecified atom stereocenters. The van der Waals surface area contributed by atoms with E-state index in [-0.39, 0.29) is 0 Å². The lowest BCUT2D eigenvalue weighted by Crippen LogP contribution is -2.11. The van der Waals surface area contributed by atoms with Gasteiger partial charge >= 0.3 is 0 Å². The van der Waals surface area contributed by atoms with Crippen LogP contribution in [-0.4, -0.2) is 36.8 Å². The zero-order chi connectivity index (χ0) is 13.7. The monoisotopic (exact) mass is 280 g/mol. The average Bonchev–Trinajstić information content (AvgIpc) is 2.86. The van der Waals surface area contributed by atoms with Crippen molar-refractivity contribution in [1.82, 2.24) is 9.97 Å². The Morgan fingerprint density at radius 1 is 1.32 bits per heavy atom. The van der Waals surface area contributed by atoms with Crippen molar-refractivity contribution in [2.24, 2.45) is 0 Å². The fourth-order valence-electron chi connectivity index (χ4n) is 1.78. The van der Waals surface area contributed by atoms with Crippen LogP contribution in [0.5, 0.6) is 0 Å². The van der Waals surface area contributed by atoms with Crippen LogP contribution in [-0.2, 0) is 11.2 Å². The van der Waals surface area contributed by atoms with Crippen molar-refractivity contribution in [3.05, 3.63) is 10.9 Å². The van der Waals surface area contributed by atoms with Gasteiger partial charge in [-0.25, -0.2) is 4.98 Å². The van der Waals surface area contributed by atoms with Crippen molar-refractivity contribution in [2.45, 2.75) is 20.3 Å². The third-order valence-electron chi connectivity index (χ3n) is 2.76. The first-order chi connectivity index (χ1) is 9.28. The van der Waals surface area contributed by atoms with Gasteiger partial charge in [-0.05, 0) is 19.4 Å². The molecule has 0 spiro atoms. The number of hydrogen-bond acceptors (Lipinski definition) is 6. The van der Waals surface area contributed by atoms with E-state index < -0.39 is 0 Å². The maximum atomic E-state index is 5.33. The van der Waals surface area contributed by atoms with E-state index in [0.29, 0.717) is 12.6 Å². The first-order valence-corrected chi connectivity index (χ1v) is 7.40. The van der Waals surface area contributed by atoms with E-state index in [2.05, 4.69) is 33.6 Å². The molecule has 0 radical (unpaired) electrons. The van der Waals surface area contributed by atoms with E-state index in [0.717, 1.165) is 35.6 Å². The molecule has 2 heterocycles. The zero-order valence-electron chi connectivity index (χ0n) is 11.6. The molecule has 104 valence electrons. The van der Waals surface area contributed by atoms with Crippen molar-refractivity contribution in [2.75, 3.05) is 37.4 Å². The molecule has 0 aliphatic rings. The SMILES string of the molecule is CCOCCNc1nc(NC)nc2sc(CC)cc12. The molecule has 0 saturated heterocycles. The molecule has 0 aliphatic carbocycles. The van der Waals surface area contributed by atoms with Gasteiger partial charge in [0.1, 0.15) is 10.6 Å². The Balaban J connectivity index is 2.25. The summed E-state index contributed by atoms with van der Waals surface area (Å²) in [7, 11) is 1.83. The molecule has 2 aromatic rings. The standard InChI is InChI=1S/C13H20N4OS/c1-4-9-8-10-11(15-6-7-18-5-2)16-13(14-3)17-12(10)19-9/h8H,4-7H2,1-3H3,(H2,14,15,16,17). The van der Waals surface area contributed by atoms with E-state index in [9.17, 15) is 0 Å². The predicted molar refractivity (Wildman–Crippen MR) is 81.3 cm³/mol. The molecule has 0 saturated carbocycles. The second-order valence-electron chi connectivity index (χ2n) is 4.05. The molecule has 19 heavy (non-hydrogen) atoms. The van der Waals surface area contributed by atoms with E-state index >= 15 is 0 Å². The summed E-state index contributed by atoms with van der Waals surface area (Å²) in [5.74, 6) is 1.53. The zero-order valence-corrected chi connectivity index (χ0v) is 12.4.